The van der Waals surface area contributed by atoms with Gasteiger partial charge in [0.2, 0.25) is 0 Å². The van der Waals surface area contributed by atoms with E-state index in [9.17, 15) is 14.4 Å². The summed E-state index contributed by atoms with van der Waals surface area (Å²) in [5.41, 5.74) is 3.91. The zero-order valence-corrected chi connectivity index (χ0v) is 26.0. The molecule has 228 valence electrons. The average molecular weight is 593 g/mol. The second-order valence-electron chi connectivity index (χ2n) is 13.0. The molecule has 44 heavy (non-hydrogen) atoms. The maximum absolute atomic E-state index is 13.6. The number of hydrogen-bond donors (Lipinski definition) is 1. The Bertz CT molecular complexity index is 1730. The average Bonchev–Trinajstić information content (AvgIpc) is 3.45. The number of aryl methyl sites for hydroxylation is 1. The van der Waals surface area contributed by atoms with Crippen molar-refractivity contribution in [3.05, 3.63) is 83.7 Å². The number of nitrogens with zero attached hydrogens (tertiary/aromatic N) is 3. The molecule has 8 nitrogen and oxygen atoms in total. The summed E-state index contributed by atoms with van der Waals surface area (Å²) in [4.78, 5) is 46.5. The van der Waals surface area contributed by atoms with Gasteiger partial charge in [-0.05, 0) is 81.0 Å². The number of esters is 1. The van der Waals surface area contributed by atoms with Crippen molar-refractivity contribution < 1.29 is 19.1 Å². The Kier molecular flexibility index (Phi) is 7.78. The number of imidazole rings is 1. The number of imide groups is 1. The molecule has 2 heterocycles. The lowest BCUT2D eigenvalue weighted by molar-refractivity contribution is -0.123. The largest absolute Gasteiger partial charge is 0.456 e. The van der Waals surface area contributed by atoms with Crippen LogP contribution in [0.2, 0.25) is 0 Å². The Morgan fingerprint density at radius 2 is 1.73 bits per heavy atom. The third-order valence-electron chi connectivity index (χ3n) is 8.54. The van der Waals surface area contributed by atoms with Crippen LogP contribution < -0.4 is 10.2 Å². The van der Waals surface area contributed by atoms with Gasteiger partial charge in [-0.3, -0.25) is 4.79 Å². The van der Waals surface area contributed by atoms with Gasteiger partial charge in [-0.15, -0.1) is 0 Å². The first-order chi connectivity index (χ1) is 21.1. The van der Waals surface area contributed by atoms with Gasteiger partial charge in [0.1, 0.15) is 17.0 Å². The number of amides is 3. The molecule has 1 saturated carbocycles. The van der Waals surface area contributed by atoms with Crippen LogP contribution in [0.4, 0.5) is 10.5 Å². The number of rotatable bonds is 7. The molecule has 2 aliphatic rings. The molecule has 1 aliphatic carbocycles. The molecule has 2 fully saturated rings. The van der Waals surface area contributed by atoms with Crippen LogP contribution in [0.25, 0.3) is 22.2 Å². The summed E-state index contributed by atoms with van der Waals surface area (Å²) in [6.07, 6.45) is 5.96. The minimum atomic E-state index is -0.795. The van der Waals surface area contributed by atoms with Crippen molar-refractivity contribution in [2.75, 3.05) is 4.90 Å². The molecule has 1 saturated heterocycles. The Balaban J connectivity index is 1.40. The first-order valence-corrected chi connectivity index (χ1v) is 15.7. The van der Waals surface area contributed by atoms with Crippen molar-refractivity contribution in [2.45, 2.75) is 90.3 Å². The molecule has 1 aromatic heterocycles. The van der Waals surface area contributed by atoms with Gasteiger partial charge in [-0.25, -0.2) is 19.5 Å². The number of benzene rings is 3. The Morgan fingerprint density at radius 3 is 2.43 bits per heavy atom. The topological polar surface area (TPSA) is 93.5 Å². The fraction of sp³-hybridized carbons (Fsp3) is 0.389. The van der Waals surface area contributed by atoms with Crippen LogP contribution in [0, 0.1) is 0 Å². The number of nitrogens with one attached hydrogen (secondary N) is 1. The van der Waals surface area contributed by atoms with E-state index in [-0.39, 0.29) is 17.9 Å². The van der Waals surface area contributed by atoms with Crippen LogP contribution in [0.15, 0.2) is 66.7 Å². The van der Waals surface area contributed by atoms with Crippen molar-refractivity contribution in [1.29, 1.82) is 0 Å². The van der Waals surface area contributed by atoms with Crippen LogP contribution in [0.5, 0.6) is 0 Å². The van der Waals surface area contributed by atoms with Crippen LogP contribution in [-0.2, 0) is 22.5 Å². The van der Waals surface area contributed by atoms with Crippen molar-refractivity contribution in [3.8, 4) is 11.1 Å². The van der Waals surface area contributed by atoms with Crippen LogP contribution >= 0.6 is 0 Å². The molecule has 3 aromatic carbocycles. The highest BCUT2D eigenvalue weighted by molar-refractivity contribution is 6.23. The van der Waals surface area contributed by atoms with Crippen molar-refractivity contribution >= 4 is 34.6 Å². The standard InChI is InChI=1S/C36H40N4O4/c1-5-12-31-37-29-18-16-26(40-33(42)36(38-34(40)43)19-10-7-11-20-36)22-30(29)39(31)23-24-15-17-27(25-13-8-6-9-14-25)28(21-24)32(41)44-35(2,3)4/h6,8-9,13-18,21-22H,5,7,10-12,19-20,23H2,1-4H3,(H,38,43). The number of ether oxygens (including phenoxy) is 1. The van der Waals surface area contributed by atoms with Gasteiger partial charge < -0.3 is 14.6 Å². The minimum absolute atomic E-state index is 0.167. The Hall–Kier alpha value is -4.46. The van der Waals surface area contributed by atoms with Crippen LogP contribution in [-0.4, -0.2) is 38.6 Å². The Labute approximate surface area is 258 Å². The fourth-order valence-electron chi connectivity index (χ4n) is 6.48. The lowest BCUT2D eigenvalue weighted by Gasteiger charge is -2.30. The van der Waals surface area contributed by atoms with Crippen molar-refractivity contribution in [1.82, 2.24) is 14.9 Å². The van der Waals surface area contributed by atoms with E-state index >= 15 is 0 Å². The smallest absolute Gasteiger partial charge is 0.339 e. The summed E-state index contributed by atoms with van der Waals surface area (Å²) in [6.45, 7) is 8.17. The molecule has 1 N–H and O–H groups in total. The molecule has 3 amide bonds. The zero-order valence-electron chi connectivity index (χ0n) is 26.0. The molecule has 0 unspecified atom stereocenters. The minimum Gasteiger partial charge on any atom is -0.456 e. The van der Waals surface area contributed by atoms with Crippen LogP contribution in [0.3, 0.4) is 0 Å². The quantitative estimate of drug-likeness (QED) is 0.178. The predicted molar refractivity (Wildman–Crippen MR) is 172 cm³/mol. The van der Waals surface area contributed by atoms with Gasteiger partial charge in [-0.2, -0.15) is 0 Å². The molecule has 6 rings (SSSR count). The summed E-state index contributed by atoms with van der Waals surface area (Å²) in [5.74, 6) is 0.367. The maximum atomic E-state index is 13.6. The first kappa shape index (κ1) is 29.6. The van der Waals surface area contributed by atoms with E-state index in [2.05, 4.69) is 16.8 Å². The Morgan fingerprint density at radius 1 is 0.977 bits per heavy atom. The van der Waals surface area contributed by atoms with E-state index < -0.39 is 11.1 Å². The number of carbonyl (C=O) groups excluding carboxylic acids is 3. The number of carbonyl (C=O) groups is 3. The van der Waals surface area contributed by atoms with E-state index in [4.69, 9.17) is 9.72 Å². The summed E-state index contributed by atoms with van der Waals surface area (Å²) < 4.78 is 7.95. The number of anilines is 1. The number of aromatic nitrogens is 2. The molecule has 8 heteroatoms. The molecule has 0 bridgehead atoms. The molecule has 0 atom stereocenters. The summed E-state index contributed by atoms with van der Waals surface area (Å²) >= 11 is 0. The van der Waals surface area contributed by atoms with Gasteiger partial charge in [-0.1, -0.05) is 68.7 Å². The molecular formula is C36H40N4O4. The third-order valence-corrected chi connectivity index (χ3v) is 8.54. The van der Waals surface area contributed by atoms with Gasteiger partial charge in [0.15, 0.2) is 0 Å². The summed E-state index contributed by atoms with van der Waals surface area (Å²) in [5, 5.41) is 3.02. The predicted octanol–water partition coefficient (Wildman–Crippen LogP) is 7.42. The molecule has 0 radical (unpaired) electrons. The van der Waals surface area contributed by atoms with Crippen LogP contribution in [0.1, 0.15) is 88.0 Å². The van der Waals surface area contributed by atoms with E-state index in [0.717, 1.165) is 65.7 Å². The lowest BCUT2D eigenvalue weighted by atomic mass is 9.82. The van der Waals surface area contributed by atoms with Gasteiger partial charge in [0, 0.05) is 13.0 Å². The highest BCUT2D eigenvalue weighted by Crippen LogP contribution is 2.37. The van der Waals surface area contributed by atoms with Gasteiger partial charge in [0.25, 0.3) is 5.91 Å². The fourth-order valence-corrected chi connectivity index (χ4v) is 6.48. The van der Waals surface area contributed by atoms with E-state index in [0.29, 0.717) is 30.6 Å². The third kappa shape index (κ3) is 5.61. The summed E-state index contributed by atoms with van der Waals surface area (Å²) in [7, 11) is 0. The summed E-state index contributed by atoms with van der Waals surface area (Å²) in [6, 6.07) is 21.0. The van der Waals surface area contributed by atoms with Crippen molar-refractivity contribution in [2.24, 2.45) is 0 Å². The number of urea groups is 1. The van der Waals surface area contributed by atoms with E-state index in [1.54, 1.807) is 0 Å². The van der Waals surface area contributed by atoms with E-state index in [1.807, 2.05) is 87.5 Å². The first-order valence-electron chi connectivity index (χ1n) is 15.7. The number of fused-ring (bicyclic) bond motifs is 1. The molecule has 1 aliphatic heterocycles. The molecule has 1 spiro atoms. The number of hydrogen-bond acceptors (Lipinski definition) is 5. The zero-order chi connectivity index (χ0) is 31.1. The normalized spacial score (nSPS) is 16.5. The van der Waals surface area contributed by atoms with Gasteiger partial charge in [0.05, 0.1) is 22.3 Å². The highest BCUT2D eigenvalue weighted by atomic mass is 16.6. The van der Waals surface area contributed by atoms with E-state index in [1.165, 1.54) is 4.90 Å². The monoisotopic (exact) mass is 592 g/mol. The molecular weight excluding hydrogens is 552 g/mol. The second kappa shape index (κ2) is 11.6. The SMILES string of the molecule is CCCc1nc2ccc(N3C(=O)NC4(CCCCC4)C3=O)cc2n1Cc1ccc(-c2ccccc2)c(C(=O)OC(C)(C)C)c1. The lowest BCUT2D eigenvalue weighted by Crippen LogP contribution is -2.48. The molecule has 4 aromatic rings. The van der Waals surface area contributed by atoms with Gasteiger partial charge >= 0.3 is 12.0 Å². The van der Waals surface area contributed by atoms with Crippen molar-refractivity contribution in [3.63, 3.8) is 0 Å². The highest BCUT2D eigenvalue weighted by Gasteiger charge is 2.51. The second-order valence-corrected chi connectivity index (χ2v) is 13.0. The maximum Gasteiger partial charge on any atom is 0.339 e.